The Morgan fingerprint density at radius 2 is 1.96 bits per heavy atom. The van der Waals surface area contributed by atoms with Gasteiger partial charge in [-0.25, -0.2) is 18.1 Å². The quantitative estimate of drug-likeness (QED) is 0.827. The number of rotatable bonds is 6. The van der Waals surface area contributed by atoms with Gasteiger partial charge >= 0.3 is 0 Å². The predicted octanol–water partition coefficient (Wildman–Crippen LogP) is 1.83. The average molecular weight is 351 g/mol. The van der Waals surface area contributed by atoms with Gasteiger partial charge in [-0.05, 0) is 38.5 Å². The van der Waals surface area contributed by atoms with Crippen LogP contribution in [0.3, 0.4) is 0 Å². The largest absolute Gasteiger partial charge is 0.444 e. The van der Waals surface area contributed by atoms with Crippen molar-refractivity contribution in [3.05, 3.63) is 46.7 Å². The molecule has 1 aromatic carbocycles. The number of aromatic nitrogens is 1. The molecule has 0 aliphatic carbocycles. The van der Waals surface area contributed by atoms with Gasteiger partial charge in [-0.2, -0.15) is 0 Å². The van der Waals surface area contributed by atoms with Gasteiger partial charge in [0.1, 0.15) is 5.76 Å². The Hall–Kier alpha value is -2.19. The molecule has 1 aromatic heterocycles. The van der Waals surface area contributed by atoms with E-state index in [0.29, 0.717) is 22.8 Å². The molecule has 0 radical (unpaired) electrons. The summed E-state index contributed by atoms with van der Waals surface area (Å²) in [6, 6.07) is 4.46. The van der Waals surface area contributed by atoms with E-state index in [1.807, 2.05) is 6.92 Å². The Bertz CT molecular complexity index is 837. The SMILES string of the molecule is CCNS(=O)(=O)c1ccc(C)c(C(=O)NCc2nc(C)c(C)o2)c1. The highest BCUT2D eigenvalue weighted by molar-refractivity contribution is 7.89. The van der Waals surface area contributed by atoms with E-state index in [0.717, 1.165) is 5.69 Å². The molecule has 0 aliphatic rings. The van der Waals surface area contributed by atoms with Gasteiger partial charge in [0.25, 0.3) is 5.91 Å². The Kier molecular flexibility index (Phi) is 5.40. The molecule has 1 heterocycles. The molecule has 0 aliphatic heterocycles. The number of nitrogens with zero attached hydrogens (tertiary/aromatic N) is 1. The van der Waals surface area contributed by atoms with Crippen LogP contribution >= 0.6 is 0 Å². The van der Waals surface area contributed by atoms with E-state index in [1.54, 1.807) is 26.8 Å². The maximum absolute atomic E-state index is 12.4. The maximum Gasteiger partial charge on any atom is 0.252 e. The van der Waals surface area contributed by atoms with Gasteiger partial charge in [-0.3, -0.25) is 4.79 Å². The molecule has 0 saturated carbocycles. The van der Waals surface area contributed by atoms with Crippen molar-refractivity contribution in [1.29, 1.82) is 0 Å². The molecule has 0 fully saturated rings. The molecule has 24 heavy (non-hydrogen) atoms. The van der Waals surface area contributed by atoms with E-state index in [2.05, 4.69) is 15.0 Å². The average Bonchev–Trinajstić information content (AvgIpc) is 2.83. The molecular formula is C16H21N3O4S. The molecule has 0 spiro atoms. The topological polar surface area (TPSA) is 101 Å². The fourth-order valence-electron chi connectivity index (χ4n) is 2.15. The van der Waals surface area contributed by atoms with Crippen molar-refractivity contribution in [2.24, 2.45) is 0 Å². The van der Waals surface area contributed by atoms with Crippen LogP contribution in [0.1, 0.15) is 40.2 Å². The van der Waals surface area contributed by atoms with Crippen molar-refractivity contribution in [2.75, 3.05) is 6.54 Å². The lowest BCUT2D eigenvalue weighted by molar-refractivity contribution is 0.0946. The third-order valence-corrected chi connectivity index (χ3v) is 5.11. The minimum absolute atomic E-state index is 0.0583. The molecule has 8 heteroatoms. The van der Waals surface area contributed by atoms with Crippen LogP contribution in [0.15, 0.2) is 27.5 Å². The van der Waals surface area contributed by atoms with E-state index in [9.17, 15) is 13.2 Å². The van der Waals surface area contributed by atoms with Gasteiger partial charge in [-0.15, -0.1) is 0 Å². The molecule has 7 nitrogen and oxygen atoms in total. The maximum atomic E-state index is 12.4. The molecule has 2 N–H and O–H groups in total. The molecule has 0 saturated heterocycles. The summed E-state index contributed by atoms with van der Waals surface area (Å²) in [6.45, 7) is 7.48. The summed E-state index contributed by atoms with van der Waals surface area (Å²) in [7, 11) is -3.61. The van der Waals surface area contributed by atoms with Crippen LogP contribution in [0.4, 0.5) is 0 Å². The summed E-state index contributed by atoms with van der Waals surface area (Å²) in [5.41, 5.74) is 1.76. The van der Waals surface area contributed by atoms with Gasteiger partial charge in [0.15, 0.2) is 0 Å². The zero-order chi connectivity index (χ0) is 17.9. The van der Waals surface area contributed by atoms with Crippen molar-refractivity contribution >= 4 is 15.9 Å². The minimum Gasteiger partial charge on any atom is -0.444 e. The van der Waals surface area contributed by atoms with Crippen LogP contribution in [0.2, 0.25) is 0 Å². The van der Waals surface area contributed by atoms with Crippen LogP contribution in [0, 0.1) is 20.8 Å². The molecule has 2 aromatic rings. The lowest BCUT2D eigenvalue weighted by Crippen LogP contribution is -2.26. The van der Waals surface area contributed by atoms with Gasteiger partial charge in [0.05, 0.1) is 17.1 Å². The number of carbonyl (C=O) groups is 1. The zero-order valence-electron chi connectivity index (χ0n) is 14.1. The fraction of sp³-hybridized carbons (Fsp3) is 0.375. The minimum atomic E-state index is -3.61. The second-order valence-corrected chi connectivity index (χ2v) is 7.18. The first kappa shape index (κ1) is 18.2. The van der Waals surface area contributed by atoms with Crippen molar-refractivity contribution < 1.29 is 17.6 Å². The molecule has 1 amide bonds. The van der Waals surface area contributed by atoms with Gasteiger partial charge in [-0.1, -0.05) is 13.0 Å². The normalized spacial score (nSPS) is 11.5. The van der Waals surface area contributed by atoms with Crippen LogP contribution in [-0.2, 0) is 16.6 Å². The van der Waals surface area contributed by atoms with Gasteiger partial charge in [0, 0.05) is 12.1 Å². The van der Waals surface area contributed by atoms with E-state index in [-0.39, 0.29) is 23.9 Å². The third-order valence-electron chi connectivity index (χ3n) is 3.57. The molecule has 0 atom stereocenters. The van der Waals surface area contributed by atoms with Gasteiger partial charge in [0.2, 0.25) is 15.9 Å². The molecule has 2 rings (SSSR count). The van der Waals surface area contributed by atoms with Crippen LogP contribution in [0.25, 0.3) is 0 Å². The fourth-order valence-corrected chi connectivity index (χ4v) is 3.22. The Labute approximate surface area is 141 Å². The van der Waals surface area contributed by atoms with Gasteiger partial charge < -0.3 is 9.73 Å². The second kappa shape index (κ2) is 7.14. The molecule has 0 unspecified atom stereocenters. The van der Waals surface area contributed by atoms with Crippen molar-refractivity contribution in [1.82, 2.24) is 15.0 Å². The van der Waals surface area contributed by atoms with E-state index in [1.165, 1.54) is 12.1 Å². The number of amides is 1. The third kappa shape index (κ3) is 4.01. The number of hydrogen-bond acceptors (Lipinski definition) is 5. The Balaban J connectivity index is 2.19. The predicted molar refractivity (Wildman–Crippen MR) is 89.2 cm³/mol. The van der Waals surface area contributed by atoms with Crippen molar-refractivity contribution in [2.45, 2.75) is 39.1 Å². The summed E-state index contributed by atoms with van der Waals surface area (Å²) in [5, 5.41) is 2.70. The summed E-state index contributed by atoms with van der Waals surface area (Å²) >= 11 is 0. The number of carbonyl (C=O) groups excluding carboxylic acids is 1. The van der Waals surface area contributed by atoms with E-state index < -0.39 is 10.0 Å². The number of sulfonamides is 1. The standard InChI is InChI=1S/C16H21N3O4S/c1-5-18-24(21,22)13-7-6-10(2)14(8-13)16(20)17-9-15-19-11(3)12(4)23-15/h6-8,18H,5,9H2,1-4H3,(H,17,20). The number of oxazole rings is 1. The number of aryl methyl sites for hydroxylation is 3. The first-order valence-electron chi connectivity index (χ1n) is 7.56. The highest BCUT2D eigenvalue weighted by Gasteiger charge is 2.17. The zero-order valence-corrected chi connectivity index (χ0v) is 15.0. The van der Waals surface area contributed by atoms with Crippen LogP contribution in [-0.4, -0.2) is 25.9 Å². The summed E-state index contributed by atoms with van der Waals surface area (Å²) in [4.78, 5) is 16.6. The molecule has 0 bridgehead atoms. The number of nitrogens with one attached hydrogen (secondary N) is 2. The second-order valence-electron chi connectivity index (χ2n) is 5.41. The Morgan fingerprint density at radius 3 is 2.54 bits per heavy atom. The van der Waals surface area contributed by atoms with Crippen LogP contribution in [0.5, 0.6) is 0 Å². The first-order chi connectivity index (χ1) is 11.2. The highest BCUT2D eigenvalue weighted by atomic mass is 32.2. The monoisotopic (exact) mass is 351 g/mol. The summed E-state index contributed by atoms with van der Waals surface area (Å²) in [5.74, 6) is 0.733. The van der Waals surface area contributed by atoms with Crippen molar-refractivity contribution in [3.8, 4) is 0 Å². The smallest absolute Gasteiger partial charge is 0.252 e. The highest BCUT2D eigenvalue weighted by Crippen LogP contribution is 2.16. The van der Waals surface area contributed by atoms with Crippen LogP contribution < -0.4 is 10.0 Å². The number of benzene rings is 1. The first-order valence-corrected chi connectivity index (χ1v) is 9.04. The summed E-state index contributed by atoms with van der Waals surface area (Å²) < 4.78 is 32.0. The lowest BCUT2D eigenvalue weighted by atomic mass is 10.1. The number of hydrogen-bond donors (Lipinski definition) is 2. The molecule has 130 valence electrons. The van der Waals surface area contributed by atoms with E-state index in [4.69, 9.17) is 4.42 Å². The van der Waals surface area contributed by atoms with Crippen molar-refractivity contribution in [3.63, 3.8) is 0 Å². The summed E-state index contributed by atoms with van der Waals surface area (Å²) in [6.07, 6.45) is 0. The molecular weight excluding hydrogens is 330 g/mol. The Morgan fingerprint density at radius 1 is 1.25 bits per heavy atom. The van der Waals surface area contributed by atoms with E-state index >= 15 is 0 Å². The lowest BCUT2D eigenvalue weighted by Gasteiger charge is -2.10.